The summed E-state index contributed by atoms with van der Waals surface area (Å²) in [5.74, 6) is 0.147. The molecule has 4 nitrogen and oxygen atoms in total. The van der Waals surface area contributed by atoms with E-state index in [1.54, 1.807) is 19.1 Å². The topological polar surface area (TPSA) is 58.2 Å². The zero-order valence-corrected chi connectivity index (χ0v) is 13.0. The summed E-state index contributed by atoms with van der Waals surface area (Å²) in [5.41, 5.74) is 1.000. The van der Waals surface area contributed by atoms with Gasteiger partial charge in [0.25, 0.3) is 0 Å². The van der Waals surface area contributed by atoms with Crippen molar-refractivity contribution in [3.05, 3.63) is 35.6 Å². The maximum absolute atomic E-state index is 12.9. The first kappa shape index (κ1) is 17.1. The van der Waals surface area contributed by atoms with Gasteiger partial charge in [-0.1, -0.05) is 26.0 Å². The van der Waals surface area contributed by atoms with Gasteiger partial charge in [-0.2, -0.15) is 0 Å². The minimum atomic E-state index is -3.15. The van der Waals surface area contributed by atoms with Crippen molar-refractivity contribution in [3.8, 4) is 0 Å². The summed E-state index contributed by atoms with van der Waals surface area (Å²) in [6.07, 6.45) is 0. The van der Waals surface area contributed by atoms with Crippen molar-refractivity contribution >= 4 is 10.0 Å². The van der Waals surface area contributed by atoms with Gasteiger partial charge in [0.05, 0.1) is 5.75 Å². The Balaban J connectivity index is 2.54. The first-order valence-corrected chi connectivity index (χ1v) is 8.47. The summed E-state index contributed by atoms with van der Waals surface area (Å²) < 4.78 is 38.1. The molecule has 1 rings (SSSR count). The highest BCUT2D eigenvalue weighted by Crippen LogP contribution is 2.21. The van der Waals surface area contributed by atoms with E-state index in [9.17, 15) is 12.8 Å². The molecule has 0 heterocycles. The first-order valence-electron chi connectivity index (χ1n) is 6.82. The Kier molecular flexibility index (Phi) is 6.58. The molecule has 20 heavy (non-hydrogen) atoms. The summed E-state index contributed by atoms with van der Waals surface area (Å²) in [5, 5.41) is 3.30. The van der Waals surface area contributed by atoms with E-state index in [0.717, 1.165) is 5.56 Å². The molecule has 0 bridgehead atoms. The van der Waals surface area contributed by atoms with Gasteiger partial charge in [-0.25, -0.2) is 17.5 Å². The molecule has 0 aliphatic heterocycles. The number of halogens is 1. The van der Waals surface area contributed by atoms with E-state index >= 15 is 0 Å². The Hall–Kier alpha value is -0.980. The van der Waals surface area contributed by atoms with Gasteiger partial charge in [0.1, 0.15) is 5.82 Å². The van der Waals surface area contributed by atoms with Gasteiger partial charge < -0.3 is 5.32 Å². The van der Waals surface area contributed by atoms with Crippen LogP contribution in [-0.4, -0.2) is 27.3 Å². The molecule has 0 amide bonds. The number of benzene rings is 1. The summed E-state index contributed by atoms with van der Waals surface area (Å²) >= 11 is 0. The third-order valence-electron chi connectivity index (χ3n) is 3.09. The summed E-state index contributed by atoms with van der Waals surface area (Å²) in [4.78, 5) is 0. The van der Waals surface area contributed by atoms with Crippen LogP contribution in [0.5, 0.6) is 0 Å². The smallest absolute Gasteiger partial charge is 0.211 e. The van der Waals surface area contributed by atoms with Crippen molar-refractivity contribution in [1.82, 2.24) is 10.0 Å². The van der Waals surface area contributed by atoms with Gasteiger partial charge in [0, 0.05) is 19.1 Å². The molecule has 6 heteroatoms. The predicted octanol–water partition coefficient (Wildman–Crippen LogP) is 2.05. The highest BCUT2D eigenvalue weighted by molar-refractivity contribution is 7.89. The van der Waals surface area contributed by atoms with Gasteiger partial charge in [-0.05, 0) is 30.5 Å². The highest BCUT2D eigenvalue weighted by atomic mass is 32.2. The van der Waals surface area contributed by atoms with Gasteiger partial charge in [0.2, 0.25) is 10.0 Å². The molecule has 1 unspecified atom stereocenters. The summed E-state index contributed by atoms with van der Waals surface area (Å²) in [7, 11) is -3.15. The van der Waals surface area contributed by atoms with E-state index in [1.807, 2.05) is 0 Å². The van der Waals surface area contributed by atoms with Gasteiger partial charge in [-0.3, -0.25) is 0 Å². The van der Waals surface area contributed by atoms with Crippen molar-refractivity contribution < 1.29 is 12.8 Å². The van der Waals surface area contributed by atoms with Crippen LogP contribution in [0.1, 0.15) is 32.4 Å². The zero-order chi connectivity index (χ0) is 15.2. The highest BCUT2D eigenvalue weighted by Gasteiger charge is 2.15. The maximum atomic E-state index is 12.9. The lowest BCUT2D eigenvalue weighted by atomic mass is 9.96. The molecule has 0 saturated heterocycles. The predicted molar refractivity (Wildman–Crippen MR) is 79.4 cm³/mol. The van der Waals surface area contributed by atoms with Crippen LogP contribution in [0.4, 0.5) is 4.39 Å². The van der Waals surface area contributed by atoms with E-state index in [0.29, 0.717) is 19.0 Å². The van der Waals surface area contributed by atoms with Crippen LogP contribution in [0.25, 0.3) is 0 Å². The lowest BCUT2D eigenvalue weighted by Crippen LogP contribution is -2.35. The van der Waals surface area contributed by atoms with Crippen molar-refractivity contribution in [2.75, 3.05) is 18.8 Å². The Morgan fingerprint density at radius 1 is 1.15 bits per heavy atom. The number of hydrogen-bond donors (Lipinski definition) is 2. The third kappa shape index (κ3) is 5.56. The maximum Gasteiger partial charge on any atom is 0.211 e. The lowest BCUT2D eigenvalue weighted by Gasteiger charge is -2.23. The molecule has 0 saturated carbocycles. The van der Waals surface area contributed by atoms with E-state index < -0.39 is 10.0 Å². The van der Waals surface area contributed by atoms with Gasteiger partial charge in [0.15, 0.2) is 0 Å². The standard InChI is InChI=1S/C14H23FN2O2S/c1-4-20(18,19)17-10-9-16-14(11(2)3)12-5-7-13(15)8-6-12/h5-8,11,14,16-17H,4,9-10H2,1-3H3. The van der Waals surface area contributed by atoms with Crippen LogP contribution in [-0.2, 0) is 10.0 Å². The Bertz CT molecular complexity index is 500. The molecular formula is C14H23FN2O2S. The lowest BCUT2D eigenvalue weighted by molar-refractivity contribution is 0.413. The molecule has 1 atom stereocenters. The fourth-order valence-corrected chi connectivity index (χ4v) is 2.56. The Labute approximate surface area is 120 Å². The van der Waals surface area contributed by atoms with Gasteiger partial charge in [-0.15, -0.1) is 0 Å². The molecule has 2 N–H and O–H groups in total. The SMILES string of the molecule is CCS(=O)(=O)NCCNC(c1ccc(F)cc1)C(C)C. The van der Waals surface area contributed by atoms with Gasteiger partial charge >= 0.3 is 0 Å². The number of hydrogen-bond acceptors (Lipinski definition) is 3. The average Bonchev–Trinajstić information content (AvgIpc) is 2.40. The van der Waals surface area contributed by atoms with Crippen molar-refractivity contribution in [2.24, 2.45) is 5.92 Å². The Morgan fingerprint density at radius 3 is 2.25 bits per heavy atom. The molecule has 0 spiro atoms. The molecule has 0 aromatic heterocycles. The molecule has 1 aromatic carbocycles. The molecule has 114 valence electrons. The molecule has 0 aliphatic rings. The van der Waals surface area contributed by atoms with E-state index in [2.05, 4.69) is 23.9 Å². The molecule has 0 fully saturated rings. The van der Waals surface area contributed by atoms with Crippen molar-refractivity contribution in [1.29, 1.82) is 0 Å². The second-order valence-electron chi connectivity index (χ2n) is 5.03. The second kappa shape index (κ2) is 7.71. The molecular weight excluding hydrogens is 279 g/mol. The number of rotatable bonds is 8. The van der Waals surface area contributed by atoms with E-state index in [1.165, 1.54) is 12.1 Å². The molecule has 1 aromatic rings. The van der Waals surface area contributed by atoms with E-state index in [4.69, 9.17) is 0 Å². The monoisotopic (exact) mass is 302 g/mol. The summed E-state index contributed by atoms with van der Waals surface area (Å²) in [6.45, 7) is 6.61. The summed E-state index contributed by atoms with van der Waals surface area (Å²) in [6, 6.07) is 6.45. The van der Waals surface area contributed by atoms with Crippen LogP contribution in [0.2, 0.25) is 0 Å². The zero-order valence-electron chi connectivity index (χ0n) is 12.2. The van der Waals surface area contributed by atoms with Crippen LogP contribution in [0, 0.1) is 11.7 Å². The Morgan fingerprint density at radius 2 is 1.75 bits per heavy atom. The fourth-order valence-electron chi connectivity index (χ4n) is 1.94. The average molecular weight is 302 g/mol. The van der Waals surface area contributed by atoms with Crippen LogP contribution in [0.15, 0.2) is 24.3 Å². The largest absolute Gasteiger partial charge is 0.308 e. The number of sulfonamides is 1. The minimum Gasteiger partial charge on any atom is -0.308 e. The minimum absolute atomic E-state index is 0.0710. The van der Waals surface area contributed by atoms with Crippen LogP contribution >= 0.6 is 0 Å². The van der Waals surface area contributed by atoms with Crippen LogP contribution < -0.4 is 10.0 Å². The number of nitrogens with one attached hydrogen (secondary N) is 2. The molecule has 0 aliphatic carbocycles. The molecule has 0 radical (unpaired) electrons. The second-order valence-corrected chi connectivity index (χ2v) is 7.12. The van der Waals surface area contributed by atoms with Crippen molar-refractivity contribution in [2.45, 2.75) is 26.8 Å². The van der Waals surface area contributed by atoms with E-state index in [-0.39, 0.29) is 17.6 Å². The van der Waals surface area contributed by atoms with Crippen LogP contribution in [0.3, 0.4) is 0 Å². The normalized spacial score (nSPS) is 13.7. The quantitative estimate of drug-likeness (QED) is 0.723. The fraction of sp³-hybridized carbons (Fsp3) is 0.571. The third-order valence-corrected chi connectivity index (χ3v) is 4.49. The van der Waals surface area contributed by atoms with Crippen molar-refractivity contribution in [3.63, 3.8) is 0 Å². The first-order chi connectivity index (χ1) is 9.35.